The van der Waals surface area contributed by atoms with E-state index in [9.17, 15) is 28.8 Å². The molecule has 0 aliphatic carbocycles. The van der Waals surface area contributed by atoms with Crippen LogP contribution >= 0.6 is 15.9 Å². The third-order valence-corrected chi connectivity index (χ3v) is 4.65. The molecule has 0 aliphatic heterocycles. The SMILES string of the molecule is O=CO[C@@H](COC(=O)N[C@@H](CCC(=O)O)C(=O)O)NC(=O)CCCNC(=O)c1ccc(Br)cc1. The highest BCUT2D eigenvalue weighted by atomic mass is 79.9. The van der Waals surface area contributed by atoms with Crippen LogP contribution in [-0.2, 0) is 28.7 Å². The number of carbonyl (C=O) groups excluding carboxylic acids is 4. The molecule has 0 fully saturated rings. The lowest BCUT2D eigenvalue weighted by atomic mass is 10.1. The average Bonchev–Trinajstić information content (AvgIpc) is 2.78. The predicted molar refractivity (Wildman–Crippen MR) is 118 cm³/mol. The number of aliphatic carboxylic acids is 2. The molecule has 0 bridgehead atoms. The van der Waals surface area contributed by atoms with Crippen molar-refractivity contribution in [1.82, 2.24) is 16.0 Å². The van der Waals surface area contributed by atoms with Crippen LogP contribution in [0, 0.1) is 0 Å². The zero-order valence-electron chi connectivity index (χ0n) is 17.8. The Labute approximate surface area is 202 Å². The summed E-state index contributed by atoms with van der Waals surface area (Å²) in [6.07, 6.45) is -3.18. The standard InChI is InChI=1S/C20H24BrN3O10/c21-13-5-3-12(4-6-13)18(29)22-9-1-2-15(26)24-16(34-11-25)10-33-20(32)23-14(19(30)31)7-8-17(27)28/h3-6,11,14,16H,1-2,7-10H2,(H,22,29)(H,23,32)(H,24,26)(H,27,28)(H,30,31)/t14-,16-/m0/s1. The van der Waals surface area contributed by atoms with E-state index in [0.717, 1.165) is 4.47 Å². The number of carboxylic acids is 2. The lowest BCUT2D eigenvalue weighted by molar-refractivity contribution is -0.141. The number of alkyl carbamates (subject to hydrolysis) is 1. The summed E-state index contributed by atoms with van der Waals surface area (Å²) in [4.78, 5) is 68.1. The number of carbonyl (C=O) groups is 6. The third-order valence-electron chi connectivity index (χ3n) is 4.12. The maximum atomic E-state index is 12.0. The largest absolute Gasteiger partial charge is 0.481 e. The second-order valence-corrected chi connectivity index (χ2v) is 7.64. The molecule has 1 aromatic carbocycles. The molecule has 1 rings (SSSR count). The fraction of sp³-hybridized carbons (Fsp3) is 0.400. The van der Waals surface area contributed by atoms with Crippen LogP contribution in [-0.4, -0.2) is 72.0 Å². The summed E-state index contributed by atoms with van der Waals surface area (Å²) in [6.45, 7) is -0.396. The number of benzene rings is 1. The van der Waals surface area contributed by atoms with Gasteiger partial charge in [0.1, 0.15) is 12.6 Å². The summed E-state index contributed by atoms with van der Waals surface area (Å²) in [5.41, 5.74) is 0.454. The smallest absolute Gasteiger partial charge is 0.408 e. The quantitative estimate of drug-likeness (QED) is 0.118. The highest BCUT2D eigenvalue weighted by molar-refractivity contribution is 9.10. The van der Waals surface area contributed by atoms with Gasteiger partial charge in [0.15, 0.2) is 0 Å². The molecule has 0 saturated carbocycles. The van der Waals surface area contributed by atoms with Gasteiger partial charge in [-0.3, -0.25) is 19.2 Å². The molecular formula is C20H24BrN3O10. The van der Waals surface area contributed by atoms with Crippen molar-refractivity contribution in [2.75, 3.05) is 13.2 Å². The Bertz CT molecular complexity index is 878. The molecule has 186 valence electrons. The lowest BCUT2D eigenvalue weighted by Gasteiger charge is -2.18. The van der Waals surface area contributed by atoms with Gasteiger partial charge >= 0.3 is 18.0 Å². The van der Waals surface area contributed by atoms with E-state index in [1.165, 1.54) is 0 Å². The van der Waals surface area contributed by atoms with Crippen molar-refractivity contribution >= 4 is 52.2 Å². The van der Waals surface area contributed by atoms with Crippen LogP contribution in [0.25, 0.3) is 0 Å². The predicted octanol–water partition coefficient (Wildman–Crippen LogP) is 0.619. The minimum absolute atomic E-state index is 0.0254. The first-order valence-corrected chi connectivity index (χ1v) is 10.7. The van der Waals surface area contributed by atoms with Crippen molar-refractivity contribution in [2.45, 2.75) is 38.0 Å². The van der Waals surface area contributed by atoms with Crippen molar-refractivity contribution in [3.05, 3.63) is 34.3 Å². The lowest BCUT2D eigenvalue weighted by Crippen LogP contribution is -2.45. The van der Waals surface area contributed by atoms with Gasteiger partial charge in [0.05, 0.1) is 0 Å². The Balaban J connectivity index is 2.38. The molecule has 0 unspecified atom stereocenters. The molecule has 0 spiro atoms. The van der Waals surface area contributed by atoms with E-state index in [2.05, 4.69) is 31.3 Å². The normalized spacial score (nSPS) is 11.9. The second kappa shape index (κ2) is 15.2. The van der Waals surface area contributed by atoms with Gasteiger partial charge in [-0.2, -0.15) is 0 Å². The molecular weight excluding hydrogens is 522 g/mol. The summed E-state index contributed by atoms with van der Waals surface area (Å²) < 4.78 is 10.2. The van der Waals surface area contributed by atoms with Gasteiger partial charge in [-0.15, -0.1) is 0 Å². The minimum Gasteiger partial charge on any atom is -0.481 e. The number of halogens is 1. The first-order valence-electron chi connectivity index (χ1n) is 9.92. The van der Waals surface area contributed by atoms with Crippen molar-refractivity contribution in [3.63, 3.8) is 0 Å². The molecule has 2 atom stereocenters. The van der Waals surface area contributed by atoms with E-state index in [1.807, 2.05) is 5.32 Å². The van der Waals surface area contributed by atoms with Gasteiger partial charge in [-0.05, 0) is 37.1 Å². The van der Waals surface area contributed by atoms with Gasteiger partial charge < -0.3 is 35.6 Å². The zero-order chi connectivity index (χ0) is 25.5. The molecule has 34 heavy (non-hydrogen) atoms. The van der Waals surface area contributed by atoms with E-state index in [0.29, 0.717) is 5.56 Å². The highest BCUT2D eigenvalue weighted by Crippen LogP contribution is 2.10. The number of rotatable bonds is 15. The van der Waals surface area contributed by atoms with E-state index < -0.39 is 49.2 Å². The van der Waals surface area contributed by atoms with E-state index >= 15 is 0 Å². The van der Waals surface area contributed by atoms with Crippen LogP contribution in [0.15, 0.2) is 28.7 Å². The fourth-order valence-corrected chi connectivity index (χ4v) is 2.71. The molecule has 14 heteroatoms. The number of amides is 3. The second-order valence-electron chi connectivity index (χ2n) is 6.72. The van der Waals surface area contributed by atoms with Crippen LogP contribution in [0.1, 0.15) is 36.0 Å². The van der Waals surface area contributed by atoms with Crippen LogP contribution < -0.4 is 16.0 Å². The number of carboxylic acid groups (broad SMARTS) is 2. The summed E-state index contributed by atoms with van der Waals surface area (Å²) >= 11 is 3.27. The van der Waals surface area contributed by atoms with E-state index in [4.69, 9.17) is 14.9 Å². The summed E-state index contributed by atoms with van der Waals surface area (Å²) in [6, 6.07) is 5.20. The van der Waals surface area contributed by atoms with Crippen molar-refractivity contribution in [3.8, 4) is 0 Å². The van der Waals surface area contributed by atoms with E-state index in [1.54, 1.807) is 24.3 Å². The maximum Gasteiger partial charge on any atom is 0.408 e. The van der Waals surface area contributed by atoms with Crippen molar-refractivity contribution in [2.24, 2.45) is 0 Å². The summed E-state index contributed by atoms with van der Waals surface area (Å²) in [5.74, 6) is -3.56. The maximum absolute atomic E-state index is 12.0. The Morgan fingerprint density at radius 2 is 1.71 bits per heavy atom. The number of nitrogens with one attached hydrogen (secondary N) is 3. The third kappa shape index (κ3) is 11.8. The number of hydrogen-bond donors (Lipinski definition) is 5. The monoisotopic (exact) mass is 545 g/mol. The molecule has 0 aromatic heterocycles. The summed E-state index contributed by atoms with van der Waals surface area (Å²) in [7, 11) is 0. The Morgan fingerprint density at radius 3 is 2.29 bits per heavy atom. The van der Waals surface area contributed by atoms with E-state index in [-0.39, 0.29) is 38.2 Å². The van der Waals surface area contributed by atoms with Crippen LogP contribution in [0.5, 0.6) is 0 Å². The molecule has 0 heterocycles. The van der Waals surface area contributed by atoms with Gasteiger partial charge in [0.2, 0.25) is 12.1 Å². The van der Waals surface area contributed by atoms with Crippen LogP contribution in [0.4, 0.5) is 4.79 Å². The molecule has 0 radical (unpaired) electrons. The highest BCUT2D eigenvalue weighted by Gasteiger charge is 2.23. The van der Waals surface area contributed by atoms with Gasteiger partial charge in [-0.1, -0.05) is 15.9 Å². The average molecular weight is 546 g/mol. The van der Waals surface area contributed by atoms with Crippen molar-refractivity contribution < 1.29 is 48.5 Å². The van der Waals surface area contributed by atoms with Crippen LogP contribution in [0.2, 0.25) is 0 Å². The Morgan fingerprint density at radius 1 is 1.03 bits per heavy atom. The Kier molecular flexibility index (Phi) is 12.7. The number of ether oxygens (including phenoxy) is 2. The summed E-state index contributed by atoms with van der Waals surface area (Å²) in [5, 5.41) is 24.6. The van der Waals surface area contributed by atoms with Gasteiger partial charge in [0, 0.05) is 29.4 Å². The van der Waals surface area contributed by atoms with Gasteiger partial charge in [-0.25, -0.2) is 9.59 Å². The number of hydrogen-bond acceptors (Lipinski definition) is 8. The first-order chi connectivity index (χ1) is 16.1. The zero-order valence-corrected chi connectivity index (χ0v) is 19.4. The molecule has 13 nitrogen and oxygen atoms in total. The topological polar surface area (TPSA) is 197 Å². The molecule has 5 N–H and O–H groups in total. The fourth-order valence-electron chi connectivity index (χ4n) is 2.45. The van der Waals surface area contributed by atoms with Crippen LogP contribution in [0.3, 0.4) is 0 Å². The minimum atomic E-state index is -1.50. The molecule has 0 saturated heterocycles. The van der Waals surface area contributed by atoms with Crippen molar-refractivity contribution in [1.29, 1.82) is 0 Å². The first kappa shape index (κ1) is 28.4. The Hall–Kier alpha value is -3.68. The molecule has 3 amide bonds. The molecule has 0 aliphatic rings. The van der Waals surface area contributed by atoms with Gasteiger partial charge in [0.25, 0.3) is 12.4 Å². The molecule has 1 aromatic rings.